The minimum atomic E-state index is -4.66. The first-order valence-corrected chi connectivity index (χ1v) is 33.8. The Balaban J connectivity index is 0.744. The van der Waals surface area contributed by atoms with Gasteiger partial charge in [-0.2, -0.15) is 4.98 Å². The van der Waals surface area contributed by atoms with E-state index in [2.05, 4.69) is 97.5 Å². The van der Waals surface area contributed by atoms with Gasteiger partial charge in [-0.3, -0.25) is 24.7 Å². The third kappa shape index (κ3) is 13.0. The van der Waals surface area contributed by atoms with E-state index >= 15 is 0 Å². The number of aromatic nitrogens is 3. The lowest BCUT2D eigenvalue weighted by Gasteiger charge is -2.58. The molecule has 0 radical (unpaired) electrons. The average molecular weight is 1250 g/mol. The molecule has 23 heteroatoms. The van der Waals surface area contributed by atoms with Crippen LogP contribution in [-0.4, -0.2) is 164 Å². The van der Waals surface area contributed by atoms with Crippen molar-refractivity contribution in [3.63, 3.8) is 0 Å². The fourth-order valence-corrected chi connectivity index (χ4v) is 15.8. The second-order valence-electron chi connectivity index (χ2n) is 26.8. The molecule has 4 N–H and O–H groups in total. The van der Waals surface area contributed by atoms with Crippen LogP contribution in [0.3, 0.4) is 0 Å². The van der Waals surface area contributed by atoms with Crippen molar-refractivity contribution in [1.82, 2.24) is 29.5 Å². The topological polar surface area (TPSA) is 243 Å². The van der Waals surface area contributed by atoms with Crippen LogP contribution in [0.4, 0.5) is 34.3 Å². The van der Waals surface area contributed by atoms with Crippen molar-refractivity contribution in [3.05, 3.63) is 118 Å². The number of hydrogen-bond acceptors (Lipinski definition) is 19. The number of anilines is 5. The molecule has 0 unspecified atom stereocenters. The molecule has 1 spiro atoms. The number of piperidine rings is 1. The lowest BCUT2D eigenvalue weighted by molar-refractivity contribution is -0.384. The number of nitrogens with zero attached hydrogens (tertiary/aromatic N) is 8. The fraction of sp³-hybridized carbons (Fsp3) is 0.537. The van der Waals surface area contributed by atoms with Crippen molar-refractivity contribution in [3.8, 4) is 17.4 Å². The number of hydrogen-bond donors (Lipinski definition) is 4. The number of nitro groups is 1. The van der Waals surface area contributed by atoms with Crippen LogP contribution in [0, 0.1) is 21.4 Å². The molecule has 13 rings (SSSR count). The summed E-state index contributed by atoms with van der Waals surface area (Å²) in [5, 5.41) is 26.9. The number of nitro benzene ring substituents is 1. The van der Waals surface area contributed by atoms with E-state index in [1.165, 1.54) is 17.7 Å². The third-order valence-corrected chi connectivity index (χ3v) is 21.0. The second-order valence-corrected chi connectivity index (χ2v) is 28.4. The van der Waals surface area contributed by atoms with Crippen LogP contribution >= 0.6 is 0 Å². The van der Waals surface area contributed by atoms with Crippen LogP contribution in [0.25, 0.3) is 11.0 Å². The maximum atomic E-state index is 14.9. The predicted octanol–water partition coefficient (Wildman–Crippen LogP) is 9.75. The van der Waals surface area contributed by atoms with Gasteiger partial charge in [0.1, 0.15) is 28.9 Å². The molecule has 5 aliphatic heterocycles. The zero-order valence-electron chi connectivity index (χ0n) is 52.3. The summed E-state index contributed by atoms with van der Waals surface area (Å²) in [6.07, 6.45) is 10.8. The number of ether oxygens (including phenoxy) is 5. The number of morpholine rings is 1. The van der Waals surface area contributed by atoms with Crippen molar-refractivity contribution >= 4 is 61.2 Å². The second kappa shape index (κ2) is 25.4. The van der Waals surface area contributed by atoms with Crippen molar-refractivity contribution in [2.24, 2.45) is 11.3 Å². The van der Waals surface area contributed by atoms with E-state index in [1.54, 1.807) is 6.07 Å². The lowest BCUT2D eigenvalue weighted by Crippen LogP contribution is -2.59. The molecule has 22 nitrogen and oxygen atoms in total. The van der Waals surface area contributed by atoms with E-state index in [9.17, 15) is 28.4 Å². The van der Waals surface area contributed by atoms with Gasteiger partial charge in [0.05, 0.1) is 70.8 Å². The molecule has 90 heavy (non-hydrogen) atoms. The quantitative estimate of drug-likeness (QED) is 0.0462. The van der Waals surface area contributed by atoms with E-state index < -0.39 is 43.1 Å². The Bertz CT molecular complexity index is 3700. The number of sulfonamides is 1. The van der Waals surface area contributed by atoms with E-state index in [0.29, 0.717) is 74.6 Å². The van der Waals surface area contributed by atoms with Crippen molar-refractivity contribution in [2.45, 2.75) is 146 Å². The number of H-pyrrole nitrogens is 1. The lowest BCUT2D eigenvalue weighted by atomic mass is 9.59. The smallest absolute Gasteiger partial charge is 0.293 e. The first kappa shape index (κ1) is 61.6. The Morgan fingerprint density at radius 1 is 0.856 bits per heavy atom. The Morgan fingerprint density at radius 3 is 2.39 bits per heavy atom. The summed E-state index contributed by atoms with van der Waals surface area (Å²) in [5.74, 6) is 2.26. The summed E-state index contributed by atoms with van der Waals surface area (Å²) in [6, 6.07) is 24.1. The average Bonchev–Trinajstić information content (AvgIpc) is 0.957. The summed E-state index contributed by atoms with van der Waals surface area (Å²) in [4.78, 5) is 51.5. The molecule has 4 saturated heterocycles. The highest BCUT2D eigenvalue weighted by atomic mass is 32.2. The number of amides is 1. The highest BCUT2D eigenvalue weighted by molar-refractivity contribution is 7.90. The molecule has 480 valence electrons. The fourth-order valence-electron chi connectivity index (χ4n) is 14.9. The third-order valence-electron chi connectivity index (χ3n) is 19.7. The number of aliphatic hydroxyl groups is 1. The zero-order valence-corrected chi connectivity index (χ0v) is 53.1. The van der Waals surface area contributed by atoms with E-state index in [4.69, 9.17) is 33.7 Å². The molecule has 3 aromatic heterocycles. The minimum absolute atomic E-state index is 0.00595. The van der Waals surface area contributed by atoms with Gasteiger partial charge in [0.2, 0.25) is 5.88 Å². The van der Waals surface area contributed by atoms with Crippen molar-refractivity contribution in [1.29, 1.82) is 0 Å². The van der Waals surface area contributed by atoms with Crippen LogP contribution in [-0.2, 0) is 26.0 Å². The van der Waals surface area contributed by atoms with Crippen LogP contribution in [0.1, 0.15) is 120 Å². The van der Waals surface area contributed by atoms with Crippen molar-refractivity contribution < 1.29 is 46.9 Å². The van der Waals surface area contributed by atoms with Crippen LogP contribution < -0.4 is 38.9 Å². The van der Waals surface area contributed by atoms with Gasteiger partial charge in [-0.15, -0.1) is 0 Å². The minimum Gasteiger partial charge on any atom is -0.491 e. The molecular formula is C67H85N11O11S. The van der Waals surface area contributed by atoms with E-state index in [1.807, 2.05) is 43.6 Å². The van der Waals surface area contributed by atoms with Gasteiger partial charge < -0.3 is 53.8 Å². The van der Waals surface area contributed by atoms with Gasteiger partial charge in [0.15, 0.2) is 11.6 Å². The Morgan fingerprint density at radius 2 is 1.62 bits per heavy atom. The summed E-state index contributed by atoms with van der Waals surface area (Å²) in [5.41, 5.74) is 4.24. The molecule has 8 heterocycles. The first-order chi connectivity index (χ1) is 43.3. The van der Waals surface area contributed by atoms with Crippen LogP contribution in [0.15, 0.2) is 96.2 Å². The molecule has 3 atom stereocenters. The Hall–Kier alpha value is -7.28. The maximum absolute atomic E-state index is 14.9. The maximum Gasteiger partial charge on any atom is 0.293 e. The predicted molar refractivity (Wildman–Crippen MR) is 344 cm³/mol. The number of pyridine rings is 2. The van der Waals surface area contributed by atoms with Crippen LogP contribution in [0.5, 0.6) is 17.4 Å². The molecule has 2 aliphatic carbocycles. The molecule has 6 aromatic rings. The molecule has 1 amide bonds. The summed E-state index contributed by atoms with van der Waals surface area (Å²) in [6.45, 7) is 19.1. The van der Waals surface area contributed by atoms with E-state index in [-0.39, 0.29) is 53.5 Å². The molecular weight excluding hydrogens is 1170 g/mol. The highest BCUT2D eigenvalue weighted by Crippen LogP contribution is 2.54. The Labute approximate surface area is 526 Å². The summed E-state index contributed by atoms with van der Waals surface area (Å²) >= 11 is 0. The number of aromatic amines is 1. The largest absolute Gasteiger partial charge is 0.491 e. The number of nitrogens with one attached hydrogen (secondary N) is 3. The number of benzene rings is 3. The number of carbonyl (C=O) groups is 1. The standard InChI is InChI=1S/C67H85N11O11S/c1-43(2)87-59-9-7-6-8-51(59)58-41-73(40-46-32-60(88-44(3)4)63(70-39-46)75-27-30-85-31-28-75)25-26-76(58)49-36-67(37-49)20-23-74(24-21-67)48-10-12-52(55(34-48)77-54-17-29-86-42-61(54)89-65-57(77)33-47-16-22-68-62(47)71-65)64(79)72-90(83,84)50-11-13-53(56(35-50)78(81)82)69-38-45-14-18-66(5,80)19-15-45/h6-13,16,22,32-35,39,43-45,49,54,58,61,69,80H,14-15,17-21,23-31,36-38,40-42H2,1-5H3,(H,68,71)(H,72,79)/t45?,54-,58+,61-,66?/m0/s1. The summed E-state index contributed by atoms with van der Waals surface area (Å²) < 4.78 is 62.1. The SMILES string of the molecule is CC(C)Oc1ccccc1[C@H]1CN(Cc2cnc(N3CCOCC3)c(OC(C)C)c2)CCN1C1CC2(CCN(c3ccc(C(=O)NS(=O)(=O)c4ccc(NCC5CCC(C)(O)CC5)c([N+](=O)[O-])c4)c(N4c5cc6cc[nH]c6nc5O[C@H]5COCC[C@@H]54)c3)CC2)C1. The molecule has 6 fully saturated rings. The van der Waals surface area contributed by atoms with Crippen molar-refractivity contribution in [2.75, 3.05) is 98.8 Å². The monoisotopic (exact) mass is 1250 g/mol. The first-order valence-electron chi connectivity index (χ1n) is 32.3. The number of para-hydroxylation sites is 1. The number of rotatable bonds is 18. The number of carbonyl (C=O) groups excluding carboxylic acids is 1. The van der Waals surface area contributed by atoms with Gasteiger partial charge in [-0.25, -0.2) is 18.1 Å². The number of piperazine rings is 1. The van der Waals surface area contributed by atoms with Gasteiger partial charge in [0.25, 0.3) is 21.6 Å². The zero-order chi connectivity index (χ0) is 62.5. The molecule has 3 aromatic carbocycles. The van der Waals surface area contributed by atoms with Gasteiger partial charge in [-0.05, 0) is 164 Å². The van der Waals surface area contributed by atoms with Gasteiger partial charge in [0, 0.05) is 107 Å². The van der Waals surface area contributed by atoms with Crippen LogP contribution in [0.2, 0.25) is 0 Å². The summed E-state index contributed by atoms with van der Waals surface area (Å²) in [7, 11) is -4.66. The Kier molecular flexibility index (Phi) is 17.4. The number of fused-ring (bicyclic) bond motifs is 3. The normalized spacial score (nSPS) is 24.1. The molecule has 7 aliphatic rings. The van der Waals surface area contributed by atoms with Gasteiger partial charge in [-0.1, -0.05) is 18.2 Å². The van der Waals surface area contributed by atoms with Gasteiger partial charge >= 0.3 is 0 Å². The molecule has 2 saturated carbocycles. The van der Waals surface area contributed by atoms with E-state index in [0.717, 1.165) is 131 Å². The molecule has 0 bridgehead atoms. The highest BCUT2D eigenvalue weighted by Gasteiger charge is 2.51.